The van der Waals surface area contributed by atoms with Crippen molar-refractivity contribution < 1.29 is 18.7 Å². The summed E-state index contributed by atoms with van der Waals surface area (Å²) < 4.78 is 20.2. The van der Waals surface area contributed by atoms with E-state index < -0.39 is 30.4 Å². The maximum atomic E-state index is 14.4. The van der Waals surface area contributed by atoms with Crippen LogP contribution in [0, 0.1) is 5.82 Å². The normalized spacial score (nSPS) is 18.5. The molecule has 0 unspecified atom stereocenters. The van der Waals surface area contributed by atoms with Crippen molar-refractivity contribution in [2.24, 2.45) is 5.73 Å². The first-order chi connectivity index (χ1) is 10.2. The van der Waals surface area contributed by atoms with Crippen LogP contribution >= 0.6 is 0 Å². The Morgan fingerprint density at radius 3 is 2.68 bits per heavy atom. The molecule has 0 aliphatic carbocycles. The maximum absolute atomic E-state index is 14.4. The molecule has 7 heteroatoms. The number of benzene rings is 1. The van der Waals surface area contributed by atoms with Crippen LogP contribution in [0.2, 0.25) is 14.8 Å². The molecule has 0 radical (unpaired) electrons. The molecule has 1 aromatic rings. The number of ether oxygens (including phenoxy) is 1. The number of cyclic esters (lactones) is 1. The van der Waals surface area contributed by atoms with Crippen LogP contribution in [0.4, 0.5) is 14.9 Å². The molecule has 1 heterocycles. The Balaban J connectivity index is 2.26. The van der Waals surface area contributed by atoms with Crippen molar-refractivity contribution in [3.63, 3.8) is 0 Å². The average molecular weight is 415 g/mol. The molecule has 5 nitrogen and oxygen atoms in total. The van der Waals surface area contributed by atoms with Crippen molar-refractivity contribution in [1.82, 2.24) is 0 Å². The molecule has 1 aliphatic rings. The second-order valence-electron chi connectivity index (χ2n) is 6.52. The first-order valence-electron chi connectivity index (χ1n) is 7.24. The van der Waals surface area contributed by atoms with Crippen LogP contribution < -0.4 is 14.2 Å². The zero-order chi connectivity index (χ0) is 16.5. The Hall–Kier alpha value is -1.31. The summed E-state index contributed by atoms with van der Waals surface area (Å²) in [6, 6.07) is 4.63. The fourth-order valence-corrected chi connectivity index (χ4v) is 6.48. The molecule has 0 saturated carbocycles. The molecule has 1 aliphatic heterocycles. The third kappa shape index (κ3) is 3.71. The minimum absolute atomic E-state index is 0.164. The van der Waals surface area contributed by atoms with Crippen molar-refractivity contribution in [2.45, 2.75) is 33.7 Å². The molecule has 1 aromatic carbocycles. The van der Waals surface area contributed by atoms with Gasteiger partial charge in [-0.15, -0.1) is 0 Å². The van der Waals surface area contributed by atoms with Crippen LogP contribution in [0.5, 0.6) is 0 Å². The van der Waals surface area contributed by atoms with Gasteiger partial charge in [-0.25, -0.2) is 0 Å². The number of amides is 2. The van der Waals surface area contributed by atoms with Crippen molar-refractivity contribution >= 4 is 39.6 Å². The van der Waals surface area contributed by atoms with Crippen LogP contribution in [-0.4, -0.2) is 43.0 Å². The molecule has 2 N–H and O–H groups in total. The van der Waals surface area contributed by atoms with Gasteiger partial charge in [0, 0.05) is 0 Å². The number of rotatable bonds is 5. The minimum atomic E-state index is -2.52. The van der Waals surface area contributed by atoms with E-state index in [0.717, 1.165) is 3.58 Å². The molecule has 1 fully saturated rings. The zero-order valence-electron chi connectivity index (χ0n) is 13.1. The van der Waals surface area contributed by atoms with Crippen molar-refractivity contribution in [2.75, 3.05) is 11.5 Å². The van der Waals surface area contributed by atoms with Gasteiger partial charge >= 0.3 is 133 Å². The van der Waals surface area contributed by atoms with E-state index in [0.29, 0.717) is 12.1 Å². The molecule has 2 rings (SSSR count). The van der Waals surface area contributed by atoms with Gasteiger partial charge in [0.25, 0.3) is 0 Å². The van der Waals surface area contributed by atoms with E-state index in [9.17, 15) is 14.0 Å². The predicted octanol–water partition coefficient (Wildman–Crippen LogP) is 1.96. The first kappa shape index (κ1) is 17.0. The van der Waals surface area contributed by atoms with Gasteiger partial charge in [0.1, 0.15) is 0 Å². The van der Waals surface area contributed by atoms with E-state index in [2.05, 4.69) is 14.8 Å². The van der Waals surface area contributed by atoms with Crippen molar-refractivity contribution in [3.8, 4) is 0 Å². The molecular weight excluding hydrogens is 394 g/mol. The van der Waals surface area contributed by atoms with Gasteiger partial charge in [-0.05, 0) is 0 Å². The Morgan fingerprint density at radius 2 is 2.14 bits per heavy atom. The van der Waals surface area contributed by atoms with Crippen LogP contribution in [0.25, 0.3) is 0 Å². The number of anilines is 1. The van der Waals surface area contributed by atoms with Gasteiger partial charge in [0.15, 0.2) is 0 Å². The summed E-state index contributed by atoms with van der Waals surface area (Å²) >= 11 is -2.52. The standard InChI is InChI=1S/C12H12FN2O3.3CH3.Sn/c13-8-2-1-3-9(6-8)15-10(4-5-11(14)16)7-18-12(15)17;;;;/h1,3,6,10H,4-5,7H2,(H2,14,16);3*1H3;/t10-;;;;/m0..../s1. The molecule has 0 spiro atoms. The van der Waals surface area contributed by atoms with Crippen LogP contribution in [0.1, 0.15) is 12.8 Å². The molecule has 120 valence electrons. The van der Waals surface area contributed by atoms with Gasteiger partial charge in [0.2, 0.25) is 0 Å². The van der Waals surface area contributed by atoms with Crippen LogP contribution in [-0.2, 0) is 9.53 Å². The van der Waals surface area contributed by atoms with E-state index in [1.54, 1.807) is 12.1 Å². The van der Waals surface area contributed by atoms with E-state index in [-0.39, 0.29) is 24.9 Å². The van der Waals surface area contributed by atoms with Gasteiger partial charge in [0.05, 0.1) is 0 Å². The molecule has 0 bridgehead atoms. The quantitative estimate of drug-likeness (QED) is 0.748. The number of carbonyl (C=O) groups is 2. The molecule has 2 amide bonds. The fourth-order valence-electron chi connectivity index (χ4n) is 2.56. The summed E-state index contributed by atoms with van der Waals surface area (Å²) in [5.41, 5.74) is 5.61. The predicted molar refractivity (Wildman–Crippen MR) is 85.4 cm³/mol. The second kappa shape index (κ2) is 6.44. The Bertz CT molecular complexity index is 601. The SMILES string of the molecule is [CH3][Sn]([CH3])([CH3])[c]1ccc(N2C(=O)OC[C@@H]2CCC(N)=O)cc1F. The van der Waals surface area contributed by atoms with Gasteiger partial charge in [-0.2, -0.15) is 0 Å². The summed E-state index contributed by atoms with van der Waals surface area (Å²) in [6.45, 7) is 0.188. The van der Waals surface area contributed by atoms with E-state index in [1.807, 2.05) is 0 Å². The van der Waals surface area contributed by atoms with Crippen LogP contribution in [0.3, 0.4) is 0 Å². The summed E-state index contributed by atoms with van der Waals surface area (Å²) in [6.07, 6.45) is 0.0561. The molecule has 1 saturated heterocycles. The third-order valence-electron chi connectivity index (χ3n) is 3.72. The van der Waals surface area contributed by atoms with Gasteiger partial charge < -0.3 is 0 Å². The molecule has 22 heavy (non-hydrogen) atoms. The number of nitrogens with two attached hydrogens (primary N) is 1. The average Bonchev–Trinajstić information content (AvgIpc) is 2.75. The topological polar surface area (TPSA) is 72.6 Å². The summed E-state index contributed by atoms with van der Waals surface area (Å²) in [7, 11) is 0. The van der Waals surface area contributed by atoms with E-state index in [4.69, 9.17) is 10.5 Å². The van der Waals surface area contributed by atoms with Crippen molar-refractivity contribution in [3.05, 3.63) is 24.0 Å². The van der Waals surface area contributed by atoms with Crippen molar-refractivity contribution in [1.29, 1.82) is 0 Å². The Kier molecular flexibility index (Phi) is 4.99. The fraction of sp³-hybridized carbons (Fsp3) is 0.467. The zero-order valence-corrected chi connectivity index (χ0v) is 15.9. The third-order valence-corrected chi connectivity index (χ3v) is 9.49. The number of halogens is 1. The summed E-state index contributed by atoms with van der Waals surface area (Å²) in [5, 5.41) is 0. The second-order valence-corrected chi connectivity index (χ2v) is 20.9. The number of hydrogen-bond acceptors (Lipinski definition) is 3. The summed E-state index contributed by atoms with van der Waals surface area (Å²) in [4.78, 5) is 30.6. The van der Waals surface area contributed by atoms with Gasteiger partial charge in [-0.1, -0.05) is 0 Å². The molecule has 0 aromatic heterocycles. The monoisotopic (exact) mass is 416 g/mol. The molecular formula is C15H21FN2O3Sn. The number of carbonyl (C=O) groups excluding carboxylic acids is 2. The van der Waals surface area contributed by atoms with E-state index >= 15 is 0 Å². The number of primary amides is 1. The van der Waals surface area contributed by atoms with Gasteiger partial charge in [-0.3, -0.25) is 0 Å². The Labute approximate surface area is 133 Å². The number of nitrogens with zero attached hydrogens (tertiary/aromatic N) is 1. The number of hydrogen-bond donors (Lipinski definition) is 1. The summed E-state index contributed by atoms with van der Waals surface area (Å²) in [5.74, 6) is -0.697. The van der Waals surface area contributed by atoms with Crippen LogP contribution in [0.15, 0.2) is 18.2 Å². The molecule has 1 atom stereocenters. The van der Waals surface area contributed by atoms with E-state index in [1.165, 1.54) is 11.0 Å². The Morgan fingerprint density at radius 1 is 1.45 bits per heavy atom. The first-order valence-corrected chi connectivity index (χ1v) is 17.2.